The number of benzene rings is 3. The number of halogens is 2. The van der Waals surface area contributed by atoms with Gasteiger partial charge in [-0.3, -0.25) is 4.79 Å². The van der Waals surface area contributed by atoms with Crippen molar-refractivity contribution in [2.45, 2.75) is 11.3 Å². The summed E-state index contributed by atoms with van der Waals surface area (Å²) in [5.41, 5.74) is 0.800. The number of rotatable bonds is 7. The summed E-state index contributed by atoms with van der Waals surface area (Å²) in [7, 11) is -4.14. The van der Waals surface area contributed by atoms with E-state index in [4.69, 9.17) is 16.3 Å². The van der Waals surface area contributed by atoms with Crippen LogP contribution < -0.4 is 10.1 Å². The van der Waals surface area contributed by atoms with Crippen molar-refractivity contribution in [2.75, 3.05) is 5.32 Å². The van der Waals surface area contributed by atoms with Crippen LogP contribution in [0.15, 0.2) is 82.2 Å². The Labute approximate surface area is 199 Å². The molecule has 4 rings (SSSR count). The standard InChI is InChI=1S/C24H17ClFN3O4S/c1-27-34(31,32)22-14-17(29-23(30)12-15-4-2-3-5-21(15)25)13-20-19(22)10-11-28-24(20)33-18-8-6-16(26)7-9-18/h2-11,13-14H,1,12H2,(H,29,30). The number of nitrogens with zero attached hydrogens (tertiary/aromatic N) is 2. The molecule has 0 unspecified atom stereocenters. The Hall–Kier alpha value is -3.82. The van der Waals surface area contributed by atoms with Crippen LogP contribution in [0, 0.1) is 5.82 Å². The number of ether oxygens (including phenoxy) is 1. The van der Waals surface area contributed by atoms with Gasteiger partial charge in [-0.15, -0.1) is 0 Å². The molecule has 0 radical (unpaired) electrons. The number of carbonyl (C=O) groups excluding carboxylic acids is 1. The molecule has 10 heteroatoms. The molecule has 7 nitrogen and oxygen atoms in total. The molecule has 0 bridgehead atoms. The summed E-state index contributed by atoms with van der Waals surface area (Å²) in [6, 6.07) is 16.5. The van der Waals surface area contributed by atoms with E-state index in [2.05, 4.69) is 21.4 Å². The lowest BCUT2D eigenvalue weighted by molar-refractivity contribution is -0.115. The first-order valence-electron chi connectivity index (χ1n) is 9.89. The summed E-state index contributed by atoms with van der Waals surface area (Å²) in [6.45, 7) is 3.15. The van der Waals surface area contributed by atoms with Crippen LogP contribution in [-0.2, 0) is 21.2 Å². The van der Waals surface area contributed by atoms with Crippen molar-refractivity contribution in [3.8, 4) is 11.6 Å². The van der Waals surface area contributed by atoms with Gasteiger partial charge in [-0.1, -0.05) is 29.8 Å². The molecule has 0 aliphatic carbocycles. The van der Waals surface area contributed by atoms with E-state index in [1.807, 2.05) is 0 Å². The van der Waals surface area contributed by atoms with E-state index in [0.717, 1.165) is 0 Å². The summed E-state index contributed by atoms with van der Waals surface area (Å²) in [4.78, 5) is 16.7. The molecule has 0 saturated heterocycles. The normalized spacial score (nSPS) is 11.2. The number of hydrogen-bond acceptors (Lipinski definition) is 5. The number of hydrogen-bond donors (Lipinski definition) is 1. The van der Waals surface area contributed by atoms with Gasteiger partial charge in [-0.2, -0.15) is 12.8 Å². The highest BCUT2D eigenvalue weighted by molar-refractivity contribution is 7.90. The van der Waals surface area contributed by atoms with Crippen molar-refractivity contribution in [1.82, 2.24) is 4.98 Å². The molecule has 1 N–H and O–H groups in total. The van der Waals surface area contributed by atoms with E-state index < -0.39 is 21.7 Å². The van der Waals surface area contributed by atoms with Crippen molar-refractivity contribution in [1.29, 1.82) is 0 Å². The van der Waals surface area contributed by atoms with E-state index >= 15 is 0 Å². The Bertz CT molecular complexity index is 1510. The van der Waals surface area contributed by atoms with Crippen LogP contribution in [0.1, 0.15) is 5.56 Å². The predicted molar refractivity (Wildman–Crippen MR) is 129 cm³/mol. The number of carbonyl (C=O) groups is 1. The minimum absolute atomic E-state index is 0.0223. The molecular weight excluding hydrogens is 481 g/mol. The molecule has 0 aliphatic heterocycles. The molecule has 172 valence electrons. The molecule has 1 amide bonds. The summed E-state index contributed by atoms with van der Waals surface area (Å²) >= 11 is 6.13. The highest BCUT2D eigenvalue weighted by atomic mass is 35.5. The minimum Gasteiger partial charge on any atom is -0.438 e. The van der Waals surface area contributed by atoms with Crippen LogP contribution in [-0.4, -0.2) is 26.0 Å². The molecule has 3 aromatic carbocycles. The van der Waals surface area contributed by atoms with Crippen LogP contribution >= 0.6 is 11.6 Å². The number of pyridine rings is 1. The van der Waals surface area contributed by atoms with Gasteiger partial charge >= 0.3 is 0 Å². The quantitative estimate of drug-likeness (QED) is 0.345. The summed E-state index contributed by atoms with van der Waals surface area (Å²) in [5, 5.41) is 3.69. The number of anilines is 1. The van der Waals surface area contributed by atoms with Crippen LogP contribution in [0.4, 0.5) is 10.1 Å². The molecule has 0 fully saturated rings. The number of nitrogens with one attached hydrogen (secondary N) is 1. The maximum atomic E-state index is 13.3. The topological polar surface area (TPSA) is 97.7 Å². The maximum Gasteiger partial charge on any atom is 0.282 e. The zero-order chi connectivity index (χ0) is 24.3. The van der Waals surface area contributed by atoms with Gasteiger partial charge < -0.3 is 10.1 Å². The third-order valence-corrected chi connectivity index (χ3v) is 6.48. The molecule has 0 saturated carbocycles. The highest BCUT2D eigenvalue weighted by Crippen LogP contribution is 2.35. The zero-order valence-corrected chi connectivity index (χ0v) is 19.1. The first kappa shape index (κ1) is 23.3. The van der Waals surface area contributed by atoms with Crippen molar-refractivity contribution < 1.29 is 22.3 Å². The van der Waals surface area contributed by atoms with Gasteiger partial charge in [0, 0.05) is 34.4 Å². The van der Waals surface area contributed by atoms with Crippen molar-refractivity contribution in [3.63, 3.8) is 0 Å². The second kappa shape index (κ2) is 9.58. The lowest BCUT2D eigenvalue weighted by Gasteiger charge is -2.13. The highest BCUT2D eigenvalue weighted by Gasteiger charge is 2.20. The fourth-order valence-corrected chi connectivity index (χ4v) is 4.37. The molecule has 0 atom stereocenters. The van der Waals surface area contributed by atoms with E-state index in [9.17, 15) is 17.6 Å². The van der Waals surface area contributed by atoms with Gasteiger partial charge in [0.25, 0.3) is 10.0 Å². The number of sulfonamides is 1. The predicted octanol–water partition coefficient (Wildman–Crippen LogP) is 5.39. The van der Waals surface area contributed by atoms with Gasteiger partial charge in [0.15, 0.2) is 0 Å². The summed E-state index contributed by atoms with van der Waals surface area (Å²) in [6.07, 6.45) is 1.35. The molecule has 1 heterocycles. The Morgan fingerprint density at radius 2 is 1.82 bits per heavy atom. The summed E-state index contributed by atoms with van der Waals surface area (Å²) < 4.78 is 47.5. The Morgan fingerprint density at radius 3 is 2.53 bits per heavy atom. The third-order valence-electron chi connectivity index (χ3n) is 4.87. The Morgan fingerprint density at radius 1 is 1.09 bits per heavy atom. The smallest absolute Gasteiger partial charge is 0.282 e. The Balaban J connectivity index is 1.77. The van der Waals surface area contributed by atoms with Gasteiger partial charge in [-0.25, -0.2) is 9.37 Å². The first-order valence-corrected chi connectivity index (χ1v) is 11.7. The number of fused-ring (bicyclic) bond motifs is 1. The average Bonchev–Trinajstić information content (AvgIpc) is 2.82. The van der Waals surface area contributed by atoms with Crippen LogP contribution in [0.3, 0.4) is 0 Å². The average molecular weight is 498 g/mol. The van der Waals surface area contributed by atoms with Crippen molar-refractivity contribution >= 4 is 50.7 Å². The first-order chi connectivity index (χ1) is 16.3. The van der Waals surface area contributed by atoms with Gasteiger partial charge in [0.1, 0.15) is 11.6 Å². The van der Waals surface area contributed by atoms with E-state index in [-0.39, 0.29) is 28.3 Å². The Kier molecular flexibility index (Phi) is 6.58. The fourth-order valence-electron chi connectivity index (χ4n) is 3.30. The SMILES string of the molecule is C=NS(=O)(=O)c1cc(NC(=O)Cc2ccccc2Cl)cc2c(Oc3ccc(F)cc3)nccc12. The number of amides is 1. The van der Waals surface area contributed by atoms with Gasteiger partial charge in [-0.05, 0) is 54.1 Å². The third kappa shape index (κ3) is 5.05. The van der Waals surface area contributed by atoms with E-state index in [0.29, 0.717) is 21.7 Å². The van der Waals surface area contributed by atoms with Crippen molar-refractivity contribution in [3.05, 3.63) is 89.3 Å². The molecule has 0 spiro atoms. The second-order valence-electron chi connectivity index (χ2n) is 7.16. The van der Waals surface area contributed by atoms with E-state index in [1.165, 1.54) is 48.7 Å². The maximum absolute atomic E-state index is 13.3. The summed E-state index contributed by atoms with van der Waals surface area (Å²) in [5.74, 6) is -0.493. The monoisotopic (exact) mass is 497 g/mol. The van der Waals surface area contributed by atoms with Gasteiger partial charge in [0.05, 0.1) is 11.3 Å². The molecule has 1 aromatic heterocycles. The second-order valence-corrected chi connectivity index (χ2v) is 9.22. The largest absolute Gasteiger partial charge is 0.438 e. The molecular formula is C24H17ClFN3O4S. The van der Waals surface area contributed by atoms with Crippen LogP contribution in [0.5, 0.6) is 11.6 Å². The zero-order valence-electron chi connectivity index (χ0n) is 17.5. The molecule has 4 aromatic rings. The van der Waals surface area contributed by atoms with Crippen molar-refractivity contribution in [2.24, 2.45) is 4.40 Å². The molecule has 34 heavy (non-hydrogen) atoms. The lowest BCUT2D eigenvalue weighted by Crippen LogP contribution is -2.15. The molecule has 0 aliphatic rings. The minimum atomic E-state index is -4.14. The lowest BCUT2D eigenvalue weighted by atomic mass is 10.1. The van der Waals surface area contributed by atoms with Crippen LogP contribution in [0.25, 0.3) is 10.8 Å². The number of aromatic nitrogens is 1. The van der Waals surface area contributed by atoms with Crippen LogP contribution in [0.2, 0.25) is 5.02 Å². The fraction of sp³-hybridized carbons (Fsp3) is 0.0417. The van der Waals surface area contributed by atoms with Gasteiger partial charge in [0.2, 0.25) is 11.8 Å². The van der Waals surface area contributed by atoms with E-state index in [1.54, 1.807) is 24.3 Å².